The van der Waals surface area contributed by atoms with Crippen molar-refractivity contribution in [1.29, 1.82) is 0 Å². The van der Waals surface area contributed by atoms with Gasteiger partial charge in [0.1, 0.15) is 30.0 Å². The first-order chi connectivity index (χ1) is 15.3. The molecule has 1 aliphatic rings. The number of nitrogens with zero attached hydrogens (tertiary/aromatic N) is 1. The van der Waals surface area contributed by atoms with Gasteiger partial charge in [0.05, 0.1) is 0 Å². The lowest BCUT2D eigenvalue weighted by atomic mass is 10.1. The predicted molar refractivity (Wildman–Crippen MR) is 110 cm³/mol. The Morgan fingerprint density at radius 3 is 2.48 bits per heavy atom. The van der Waals surface area contributed by atoms with Crippen LogP contribution in [0.5, 0.6) is 0 Å². The Balaban J connectivity index is 1.88. The Morgan fingerprint density at radius 1 is 1.24 bits per heavy atom. The second-order valence-corrected chi connectivity index (χ2v) is 8.44. The first-order valence-corrected chi connectivity index (χ1v) is 10.1. The molecule has 6 N–H and O–H groups in total. The van der Waals surface area contributed by atoms with Crippen molar-refractivity contribution in [3.8, 4) is 0 Å². The number of aliphatic hydroxyl groups is 2. The molecule has 14 heteroatoms. The second-order valence-electron chi connectivity index (χ2n) is 8.44. The first kappa shape index (κ1) is 26.0. The number of H-pyrrole nitrogens is 1. The number of nitrogens with one attached hydrogen (secondary N) is 3. The van der Waals surface area contributed by atoms with Crippen LogP contribution < -0.4 is 21.9 Å². The van der Waals surface area contributed by atoms with E-state index in [-0.39, 0.29) is 19.4 Å². The van der Waals surface area contributed by atoms with Crippen molar-refractivity contribution in [2.24, 2.45) is 0 Å². The lowest BCUT2D eigenvalue weighted by molar-refractivity contribution is -0.139. The van der Waals surface area contributed by atoms with E-state index < -0.39 is 65.4 Å². The molecule has 5 atom stereocenters. The zero-order valence-corrected chi connectivity index (χ0v) is 18.3. The number of alkyl carbamates (subject to hydrolysis) is 1. The fraction of sp³-hybridized carbons (Fsp3) is 0.632. The van der Waals surface area contributed by atoms with E-state index in [1.54, 1.807) is 20.8 Å². The number of carboxylic acids is 1. The molecule has 1 fully saturated rings. The average Bonchev–Trinajstić information content (AvgIpc) is 2.96. The number of carbonyl (C=O) groups is 3. The number of hydrogen-bond acceptors (Lipinski definition) is 9. The van der Waals surface area contributed by atoms with E-state index in [1.807, 2.05) is 4.98 Å². The van der Waals surface area contributed by atoms with Gasteiger partial charge in [-0.05, 0) is 27.2 Å². The largest absolute Gasteiger partial charge is 0.480 e. The van der Waals surface area contributed by atoms with E-state index in [9.17, 15) is 39.3 Å². The Morgan fingerprint density at radius 2 is 1.91 bits per heavy atom. The van der Waals surface area contributed by atoms with Crippen LogP contribution in [0.2, 0.25) is 0 Å². The fourth-order valence-electron chi connectivity index (χ4n) is 3.04. The zero-order valence-electron chi connectivity index (χ0n) is 18.3. The van der Waals surface area contributed by atoms with E-state index in [1.165, 1.54) is 0 Å². The summed E-state index contributed by atoms with van der Waals surface area (Å²) in [7, 11) is 0. The summed E-state index contributed by atoms with van der Waals surface area (Å²) in [6.07, 6.45) is -5.67. The lowest BCUT2D eigenvalue weighted by Gasteiger charge is -2.22. The van der Waals surface area contributed by atoms with E-state index in [0.29, 0.717) is 0 Å². The van der Waals surface area contributed by atoms with Gasteiger partial charge in [-0.25, -0.2) is 14.4 Å². The maximum absolute atomic E-state index is 12.1. The van der Waals surface area contributed by atoms with Gasteiger partial charge in [-0.15, -0.1) is 0 Å². The van der Waals surface area contributed by atoms with Gasteiger partial charge in [0, 0.05) is 25.2 Å². The standard InChI is InChI=1S/C19H28N4O10/c1-19(2,3)33-18(31)21-9(16(28)29)4-5-11(24)20-8-10-13(26)14(27)15(32-10)23-7-6-12(25)22-17(23)30/h6-7,9-10,13-15,26-27H,4-5,8H2,1-3H3,(H,20,24)(H,21,31)(H,28,29)(H,22,25,30)/t9-,10+,13+,14+,15+/m0/s1. The molecule has 1 aromatic rings. The molecule has 0 bridgehead atoms. The van der Waals surface area contributed by atoms with E-state index in [0.717, 1.165) is 16.8 Å². The minimum atomic E-state index is -1.51. The minimum absolute atomic E-state index is 0.230. The maximum atomic E-state index is 12.1. The lowest BCUT2D eigenvalue weighted by Crippen LogP contribution is -2.44. The zero-order chi connectivity index (χ0) is 24.9. The van der Waals surface area contributed by atoms with Crippen molar-refractivity contribution in [1.82, 2.24) is 20.2 Å². The maximum Gasteiger partial charge on any atom is 0.408 e. The molecule has 33 heavy (non-hydrogen) atoms. The molecule has 2 heterocycles. The molecule has 2 amide bonds. The minimum Gasteiger partial charge on any atom is -0.480 e. The van der Waals surface area contributed by atoms with E-state index >= 15 is 0 Å². The fourth-order valence-corrected chi connectivity index (χ4v) is 3.04. The van der Waals surface area contributed by atoms with Crippen LogP contribution in [-0.4, -0.2) is 79.3 Å². The Bertz CT molecular complexity index is 982. The van der Waals surface area contributed by atoms with Gasteiger partial charge in [-0.1, -0.05) is 0 Å². The quantitative estimate of drug-likeness (QED) is 0.246. The summed E-state index contributed by atoms with van der Waals surface area (Å²) >= 11 is 0. The number of aromatic amines is 1. The van der Waals surface area contributed by atoms with Crippen molar-refractivity contribution >= 4 is 18.0 Å². The van der Waals surface area contributed by atoms with Crippen LogP contribution >= 0.6 is 0 Å². The van der Waals surface area contributed by atoms with Gasteiger partial charge < -0.3 is 35.4 Å². The summed E-state index contributed by atoms with van der Waals surface area (Å²) in [5.41, 5.74) is -2.32. The summed E-state index contributed by atoms with van der Waals surface area (Å²) in [6.45, 7) is 4.60. The van der Waals surface area contributed by atoms with Crippen LogP contribution in [0.4, 0.5) is 4.79 Å². The Labute approximate surface area is 187 Å². The third-order valence-corrected chi connectivity index (χ3v) is 4.61. The summed E-state index contributed by atoms with van der Waals surface area (Å²) in [5.74, 6) is -1.94. The van der Waals surface area contributed by atoms with Crippen molar-refractivity contribution in [2.75, 3.05) is 6.54 Å². The van der Waals surface area contributed by atoms with Gasteiger partial charge in [0.25, 0.3) is 5.56 Å². The van der Waals surface area contributed by atoms with Crippen LogP contribution in [0.1, 0.15) is 39.8 Å². The number of aromatic nitrogens is 2. The summed E-state index contributed by atoms with van der Waals surface area (Å²) in [6, 6.07) is -0.319. The molecule has 2 rings (SSSR count). The molecule has 0 unspecified atom stereocenters. The molecule has 1 aromatic heterocycles. The van der Waals surface area contributed by atoms with Crippen LogP contribution in [-0.2, 0) is 19.1 Å². The molecule has 1 saturated heterocycles. The molecule has 0 aliphatic carbocycles. The molecule has 184 valence electrons. The first-order valence-electron chi connectivity index (χ1n) is 10.1. The van der Waals surface area contributed by atoms with Gasteiger partial charge in [0.2, 0.25) is 5.91 Å². The number of carbonyl (C=O) groups excluding carboxylic acids is 2. The average molecular weight is 472 g/mol. The van der Waals surface area contributed by atoms with Gasteiger partial charge in [0.15, 0.2) is 6.23 Å². The third kappa shape index (κ3) is 7.40. The summed E-state index contributed by atoms with van der Waals surface area (Å²) in [4.78, 5) is 60.3. The number of amides is 2. The van der Waals surface area contributed by atoms with Gasteiger partial charge >= 0.3 is 17.8 Å². The predicted octanol–water partition coefficient (Wildman–Crippen LogP) is -1.97. The number of hydrogen-bond donors (Lipinski definition) is 6. The van der Waals surface area contributed by atoms with Crippen molar-refractivity contribution in [3.63, 3.8) is 0 Å². The molecule has 0 aromatic carbocycles. The molecule has 0 spiro atoms. The smallest absolute Gasteiger partial charge is 0.408 e. The van der Waals surface area contributed by atoms with Crippen LogP contribution in [0.3, 0.4) is 0 Å². The molecular formula is C19H28N4O10. The van der Waals surface area contributed by atoms with Crippen LogP contribution in [0.25, 0.3) is 0 Å². The van der Waals surface area contributed by atoms with E-state index in [4.69, 9.17) is 9.47 Å². The highest BCUT2D eigenvalue weighted by molar-refractivity contribution is 5.81. The Kier molecular flexibility index (Phi) is 8.35. The Hall–Kier alpha value is -3.23. The second kappa shape index (κ2) is 10.6. The third-order valence-electron chi connectivity index (χ3n) is 4.61. The molecular weight excluding hydrogens is 444 g/mol. The highest BCUT2D eigenvalue weighted by atomic mass is 16.6. The van der Waals surface area contributed by atoms with Crippen molar-refractivity contribution in [3.05, 3.63) is 33.1 Å². The van der Waals surface area contributed by atoms with Gasteiger partial charge in [-0.3, -0.25) is 19.1 Å². The topological polar surface area (TPSA) is 209 Å². The number of ether oxygens (including phenoxy) is 2. The van der Waals surface area contributed by atoms with Crippen molar-refractivity contribution < 1.29 is 39.2 Å². The monoisotopic (exact) mass is 472 g/mol. The summed E-state index contributed by atoms with van der Waals surface area (Å²) < 4.78 is 11.4. The van der Waals surface area contributed by atoms with Crippen molar-refractivity contribution in [2.45, 2.75) is 69.8 Å². The van der Waals surface area contributed by atoms with Crippen LogP contribution in [0.15, 0.2) is 21.9 Å². The normalized spacial score (nSPS) is 23.5. The number of rotatable bonds is 8. The molecule has 1 aliphatic heterocycles. The SMILES string of the molecule is CC(C)(C)OC(=O)N[C@@H](CCC(=O)NC[C@H]1O[C@@H](n2ccc(=O)[nH]c2=O)[C@H](O)[C@@H]1O)C(=O)O. The number of carboxylic acid groups (broad SMARTS) is 1. The van der Waals surface area contributed by atoms with Crippen LogP contribution in [0, 0.1) is 0 Å². The highest BCUT2D eigenvalue weighted by Gasteiger charge is 2.44. The number of aliphatic carboxylic acids is 1. The molecule has 0 saturated carbocycles. The molecule has 0 radical (unpaired) electrons. The number of aliphatic hydroxyl groups excluding tert-OH is 2. The van der Waals surface area contributed by atoms with Gasteiger partial charge in [-0.2, -0.15) is 0 Å². The van der Waals surface area contributed by atoms with E-state index in [2.05, 4.69) is 10.6 Å². The molecule has 14 nitrogen and oxygen atoms in total. The highest BCUT2D eigenvalue weighted by Crippen LogP contribution is 2.27. The summed E-state index contributed by atoms with van der Waals surface area (Å²) in [5, 5.41) is 34.2.